The van der Waals surface area contributed by atoms with Crippen LogP contribution in [0.25, 0.3) is 0 Å². The maximum absolute atomic E-state index is 13.2. The first kappa shape index (κ1) is 17.0. The van der Waals surface area contributed by atoms with Crippen molar-refractivity contribution >= 4 is 23.2 Å². The van der Waals surface area contributed by atoms with E-state index in [0.29, 0.717) is 31.5 Å². The van der Waals surface area contributed by atoms with E-state index in [1.807, 2.05) is 0 Å². The van der Waals surface area contributed by atoms with Gasteiger partial charge in [-0.15, -0.1) is 0 Å². The third-order valence-electron chi connectivity index (χ3n) is 6.16. The number of hydrogen-bond acceptors (Lipinski definition) is 4. The summed E-state index contributed by atoms with van der Waals surface area (Å²) in [6.07, 6.45) is 0.882. The summed E-state index contributed by atoms with van der Waals surface area (Å²) in [6, 6.07) is 8.37. The molecule has 26 heavy (non-hydrogen) atoms. The number of piperazine rings is 1. The average Bonchev–Trinajstić information content (AvgIpc) is 2.83. The lowest BCUT2D eigenvalue weighted by atomic mass is 9.73. The second-order valence-electron chi connectivity index (χ2n) is 7.87. The molecule has 1 heterocycles. The van der Waals surface area contributed by atoms with Crippen LogP contribution in [0.4, 0.5) is 5.69 Å². The van der Waals surface area contributed by atoms with Crippen molar-refractivity contribution in [1.82, 2.24) is 4.90 Å². The van der Waals surface area contributed by atoms with E-state index in [4.69, 9.17) is 0 Å². The molecule has 0 N–H and O–H groups in total. The molecule has 136 valence electrons. The summed E-state index contributed by atoms with van der Waals surface area (Å²) in [4.78, 5) is 42.1. The van der Waals surface area contributed by atoms with Gasteiger partial charge in [0.1, 0.15) is 11.2 Å². The molecule has 2 saturated carbocycles. The number of hydrogen-bond donors (Lipinski definition) is 0. The fourth-order valence-electron chi connectivity index (χ4n) is 4.65. The number of nitrogens with zero attached hydrogens (tertiary/aromatic N) is 2. The van der Waals surface area contributed by atoms with E-state index in [1.165, 1.54) is 5.56 Å². The number of carbonyl (C=O) groups excluding carboxylic acids is 3. The minimum Gasteiger partial charge on any atom is -0.368 e. The zero-order valence-corrected chi connectivity index (χ0v) is 15.2. The highest BCUT2D eigenvalue weighted by Crippen LogP contribution is 2.51. The Morgan fingerprint density at radius 1 is 1.12 bits per heavy atom. The quantitative estimate of drug-likeness (QED) is 0.604. The third kappa shape index (κ3) is 2.57. The zero-order chi connectivity index (χ0) is 18.5. The number of allylic oxidation sites excluding steroid dienone is 1. The first-order valence-corrected chi connectivity index (χ1v) is 9.27. The standard InChI is InChI=1S/C21H24N2O3/c1-14-3-5-17(6-4-14)22-7-9-23(10-8-22)20(26)21-12-16(11-18(24)13-21)15(2)19(21)25/h3-6,16H,2,7-13H2,1H3. The summed E-state index contributed by atoms with van der Waals surface area (Å²) >= 11 is 0. The van der Waals surface area contributed by atoms with Gasteiger partial charge in [-0.25, -0.2) is 0 Å². The molecule has 2 atom stereocenters. The number of amides is 1. The van der Waals surface area contributed by atoms with Gasteiger partial charge in [-0.1, -0.05) is 24.3 Å². The van der Waals surface area contributed by atoms with Crippen molar-refractivity contribution in [3.63, 3.8) is 0 Å². The molecule has 0 aromatic heterocycles. The second kappa shape index (κ2) is 6.08. The van der Waals surface area contributed by atoms with E-state index in [1.54, 1.807) is 4.90 Å². The Morgan fingerprint density at radius 3 is 2.42 bits per heavy atom. The van der Waals surface area contributed by atoms with Gasteiger partial charge in [0.15, 0.2) is 5.78 Å². The molecule has 1 aliphatic heterocycles. The lowest BCUT2D eigenvalue weighted by Gasteiger charge is -2.40. The fourth-order valence-corrected chi connectivity index (χ4v) is 4.65. The van der Waals surface area contributed by atoms with E-state index >= 15 is 0 Å². The Kier molecular flexibility index (Phi) is 3.98. The number of carbonyl (C=O) groups is 3. The molecule has 1 aromatic carbocycles. The predicted molar refractivity (Wildman–Crippen MR) is 98.9 cm³/mol. The summed E-state index contributed by atoms with van der Waals surface area (Å²) in [5.74, 6) is -0.483. The second-order valence-corrected chi connectivity index (χ2v) is 7.87. The van der Waals surface area contributed by atoms with Gasteiger partial charge in [-0.3, -0.25) is 14.4 Å². The van der Waals surface area contributed by atoms with E-state index in [2.05, 4.69) is 42.7 Å². The van der Waals surface area contributed by atoms with Crippen LogP contribution in [0, 0.1) is 18.3 Å². The van der Waals surface area contributed by atoms with Gasteiger partial charge in [0.25, 0.3) is 0 Å². The van der Waals surface area contributed by atoms with Crippen molar-refractivity contribution < 1.29 is 14.4 Å². The SMILES string of the molecule is C=C1C(=O)C2(C(=O)N3CCN(c4ccc(C)cc4)CC3)CC(=O)CC1C2. The number of rotatable bonds is 2. The summed E-state index contributed by atoms with van der Waals surface area (Å²) < 4.78 is 0. The molecule has 0 radical (unpaired) electrons. The number of fused-ring (bicyclic) bond motifs is 2. The molecule has 5 nitrogen and oxygen atoms in total. The molecular formula is C21H24N2O3. The molecule has 2 unspecified atom stereocenters. The topological polar surface area (TPSA) is 57.7 Å². The minimum atomic E-state index is -1.16. The van der Waals surface area contributed by atoms with Crippen LogP contribution in [-0.2, 0) is 14.4 Å². The number of anilines is 1. The van der Waals surface area contributed by atoms with Crippen molar-refractivity contribution in [2.24, 2.45) is 11.3 Å². The van der Waals surface area contributed by atoms with Gasteiger partial charge in [0.2, 0.25) is 5.91 Å². The Hall–Kier alpha value is -2.43. The summed E-state index contributed by atoms with van der Waals surface area (Å²) in [5.41, 5.74) is 1.68. The molecule has 2 aliphatic carbocycles. The van der Waals surface area contributed by atoms with Crippen LogP contribution in [0.15, 0.2) is 36.4 Å². The Balaban J connectivity index is 1.48. The van der Waals surface area contributed by atoms with Crippen molar-refractivity contribution in [3.8, 4) is 0 Å². The summed E-state index contributed by atoms with van der Waals surface area (Å²) in [5, 5.41) is 0. The van der Waals surface area contributed by atoms with E-state index in [9.17, 15) is 14.4 Å². The van der Waals surface area contributed by atoms with Gasteiger partial charge < -0.3 is 9.80 Å². The molecule has 2 bridgehead atoms. The molecule has 1 aromatic rings. The molecule has 0 spiro atoms. The Bertz CT molecular complexity index is 790. The molecule has 3 aliphatic rings. The number of ketones is 2. The molecule has 3 fully saturated rings. The molecule has 4 rings (SSSR count). The van der Waals surface area contributed by atoms with Crippen LogP contribution >= 0.6 is 0 Å². The average molecular weight is 352 g/mol. The van der Waals surface area contributed by atoms with Crippen LogP contribution in [0.3, 0.4) is 0 Å². The monoisotopic (exact) mass is 352 g/mol. The Morgan fingerprint density at radius 2 is 1.77 bits per heavy atom. The van der Waals surface area contributed by atoms with Gasteiger partial charge >= 0.3 is 0 Å². The summed E-state index contributed by atoms with van der Waals surface area (Å²) in [6.45, 7) is 8.54. The first-order chi connectivity index (χ1) is 12.4. The fraction of sp³-hybridized carbons (Fsp3) is 0.476. The smallest absolute Gasteiger partial charge is 0.237 e. The van der Waals surface area contributed by atoms with Crippen LogP contribution in [-0.4, -0.2) is 48.6 Å². The Labute approximate surface area is 153 Å². The molecule has 5 heteroatoms. The molecular weight excluding hydrogens is 328 g/mol. The highest BCUT2D eigenvalue weighted by Gasteiger charge is 2.59. The first-order valence-electron chi connectivity index (χ1n) is 9.27. The largest absolute Gasteiger partial charge is 0.368 e. The van der Waals surface area contributed by atoms with Gasteiger partial charge in [-0.05, 0) is 37.0 Å². The maximum atomic E-state index is 13.2. The normalized spacial score (nSPS) is 28.7. The molecule has 1 saturated heterocycles. The van der Waals surface area contributed by atoms with Crippen LogP contribution in [0.1, 0.15) is 24.8 Å². The molecule has 1 amide bonds. The number of Topliss-reactive ketones (excluding diaryl/α,β-unsaturated/α-hetero) is 2. The number of benzene rings is 1. The van der Waals surface area contributed by atoms with Crippen molar-refractivity contribution in [2.45, 2.75) is 26.2 Å². The maximum Gasteiger partial charge on any atom is 0.237 e. The van der Waals surface area contributed by atoms with Crippen molar-refractivity contribution in [2.75, 3.05) is 31.1 Å². The highest BCUT2D eigenvalue weighted by atomic mass is 16.2. The lowest BCUT2D eigenvalue weighted by Crippen LogP contribution is -2.55. The number of aryl methyl sites for hydroxylation is 1. The van der Waals surface area contributed by atoms with E-state index in [0.717, 1.165) is 18.8 Å². The van der Waals surface area contributed by atoms with E-state index < -0.39 is 5.41 Å². The lowest BCUT2D eigenvalue weighted by molar-refractivity contribution is -0.151. The summed E-state index contributed by atoms with van der Waals surface area (Å²) in [7, 11) is 0. The van der Waals surface area contributed by atoms with E-state index in [-0.39, 0.29) is 29.8 Å². The van der Waals surface area contributed by atoms with Gasteiger partial charge in [0, 0.05) is 44.7 Å². The zero-order valence-electron chi connectivity index (χ0n) is 15.2. The van der Waals surface area contributed by atoms with Gasteiger partial charge in [-0.2, -0.15) is 0 Å². The van der Waals surface area contributed by atoms with Crippen LogP contribution in [0.2, 0.25) is 0 Å². The van der Waals surface area contributed by atoms with Crippen LogP contribution < -0.4 is 4.90 Å². The predicted octanol–water partition coefficient (Wildman–Crippen LogP) is 2.14. The van der Waals surface area contributed by atoms with Crippen molar-refractivity contribution in [3.05, 3.63) is 42.0 Å². The van der Waals surface area contributed by atoms with Crippen molar-refractivity contribution in [1.29, 1.82) is 0 Å². The highest BCUT2D eigenvalue weighted by molar-refractivity contribution is 6.19. The van der Waals surface area contributed by atoms with Gasteiger partial charge in [0.05, 0.1) is 0 Å². The van der Waals surface area contributed by atoms with Crippen LogP contribution in [0.5, 0.6) is 0 Å². The minimum absolute atomic E-state index is 0.0138. The third-order valence-corrected chi connectivity index (χ3v) is 6.16.